The van der Waals surface area contributed by atoms with Gasteiger partial charge in [-0.1, -0.05) is 130 Å². The number of unbranched alkanes of at least 4 members (excludes halogenated alkanes) is 14. The second-order valence-corrected chi connectivity index (χ2v) is 10.6. The summed E-state index contributed by atoms with van der Waals surface area (Å²) < 4.78 is 0. The van der Waals surface area contributed by atoms with Crippen LogP contribution in [0.2, 0.25) is 0 Å². The van der Waals surface area contributed by atoms with E-state index < -0.39 is 0 Å². The molecule has 1 heterocycles. The van der Waals surface area contributed by atoms with Gasteiger partial charge in [0.05, 0.1) is 0 Å². The van der Waals surface area contributed by atoms with E-state index in [1.54, 1.807) is 0 Å². The zero-order valence-corrected chi connectivity index (χ0v) is 20.6. The van der Waals surface area contributed by atoms with Crippen molar-refractivity contribution < 1.29 is 0 Å². The van der Waals surface area contributed by atoms with E-state index in [9.17, 15) is 0 Å². The molecule has 0 amide bonds. The Kier molecular flexibility index (Phi) is 16.3. The summed E-state index contributed by atoms with van der Waals surface area (Å²) in [6.45, 7) is 8.25. The molecule has 0 aliphatic carbocycles. The second kappa shape index (κ2) is 17.6. The Morgan fingerprint density at radius 3 is 1.72 bits per heavy atom. The molecule has 2 nitrogen and oxygen atoms in total. The smallest absolute Gasteiger partial charge is 0.0246 e. The van der Waals surface area contributed by atoms with E-state index in [4.69, 9.17) is 5.73 Å². The zero-order chi connectivity index (χ0) is 21.2. The van der Waals surface area contributed by atoms with E-state index in [1.165, 1.54) is 128 Å². The van der Waals surface area contributed by atoms with Crippen LogP contribution < -0.4 is 11.1 Å². The summed E-state index contributed by atoms with van der Waals surface area (Å²) in [5.41, 5.74) is 6.96. The van der Waals surface area contributed by atoms with Gasteiger partial charge in [-0.15, -0.1) is 0 Å². The van der Waals surface area contributed by atoms with Gasteiger partial charge in [0.2, 0.25) is 0 Å². The third kappa shape index (κ3) is 13.8. The zero-order valence-electron chi connectivity index (χ0n) is 20.6. The largest absolute Gasteiger partial charge is 0.326 e. The Morgan fingerprint density at radius 2 is 1.21 bits per heavy atom. The van der Waals surface area contributed by atoms with Crippen LogP contribution in [0.1, 0.15) is 149 Å². The highest BCUT2D eigenvalue weighted by atomic mass is 15.0. The average molecular weight is 409 g/mol. The fourth-order valence-electron chi connectivity index (χ4n) is 5.03. The first-order chi connectivity index (χ1) is 14.1. The Morgan fingerprint density at radius 1 is 0.724 bits per heavy atom. The number of nitrogens with two attached hydrogens (primary N) is 1. The molecule has 1 aliphatic rings. The van der Waals surface area contributed by atoms with E-state index >= 15 is 0 Å². The molecule has 1 rings (SSSR count). The van der Waals surface area contributed by atoms with E-state index in [-0.39, 0.29) is 5.41 Å². The highest BCUT2D eigenvalue weighted by Crippen LogP contribution is 2.30. The Bertz CT molecular complexity index is 344. The van der Waals surface area contributed by atoms with Crippen molar-refractivity contribution in [2.75, 3.05) is 6.54 Å². The molecule has 0 aromatic carbocycles. The fraction of sp³-hybridized carbons (Fsp3) is 1.00. The molecule has 2 atom stereocenters. The molecule has 29 heavy (non-hydrogen) atoms. The van der Waals surface area contributed by atoms with E-state index in [0.29, 0.717) is 12.1 Å². The van der Waals surface area contributed by atoms with Crippen LogP contribution in [0.15, 0.2) is 0 Å². The van der Waals surface area contributed by atoms with Gasteiger partial charge in [0, 0.05) is 12.1 Å². The van der Waals surface area contributed by atoms with Crippen LogP contribution in [-0.2, 0) is 0 Å². The van der Waals surface area contributed by atoms with Crippen molar-refractivity contribution in [3.63, 3.8) is 0 Å². The molecule has 3 N–H and O–H groups in total. The molecule has 0 spiro atoms. The van der Waals surface area contributed by atoms with Crippen LogP contribution in [-0.4, -0.2) is 18.6 Å². The first kappa shape index (κ1) is 27.0. The summed E-state index contributed by atoms with van der Waals surface area (Å²) >= 11 is 0. The monoisotopic (exact) mass is 408 g/mol. The van der Waals surface area contributed by atoms with Gasteiger partial charge in [0.25, 0.3) is 0 Å². The van der Waals surface area contributed by atoms with Gasteiger partial charge in [0.1, 0.15) is 0 Å². The minimum absolute atomic E-state index is 0.262. The SMILES string of the molecule is CCCCCCCCCCCCCCCCCC(C)(C)C(N)C1CCCCCN1. The van der Waals surface area contributed by atoms with Crippen molar-refractivity contribution in [3.8, 4) is 0 Å². The van der Waals surface area contributed by atoms with Gasteiger partial charge in [-0.3, -0.25) is 0 Å². The van der Waals surface area contributed by atoms with Crippen molar-refractivity contribution >= 4 is 0 Å². The maximum absolute atomic E-state index is 6.69. The normalized spacial score (nSPS) is 19.2. The predicted octanol–water partition coefficient (Wildman–Crippen LogP) is 8.13. The van der Waals surface area contributed by atoms with Crippen LogP contribution >= 0.6 is 0 Å². The Hall–Kier alpha value is -0.0800. The van der Waals surface area contributed by atoms with E-state index in [2.05, 4.69) is 26.1 Å². The van der Waals surface area contributed by atoms with Crippen molar-refractivity contribution in [1.29, 1.82) is 0 Å². The van der Waals surface area contributed by atoms with Crippen LogP contribution in [0.4, 0.5) is 0 Å². The Balaban J connectivity index is 1.91. The van der Waals surface area contributed by atoms with Gasteiger partial charge in [-0.05, 0) is 31.2 Å². The third-order valence-corrected chi connectivity index (χ3v) is 7.36. The summed E-state index contributed by atoms with van der Waals surface area (Å²) in [6.07, 6.45) is 28.2. The van der Waals surface area contributed by atoms with Crippen LogP contribution in [0.25, 0.3) is 0 Å². The molecule has 2 heteroatoms. The van der Waals surface area contributed by atoms with Crippen molar-refractivity contribution in [3.05, 3.63) is 0 Å². The van der Waals surface area contributed by atoms with Gasteiger partial charge < -0.3 is 11.1 Å². The molecule has 0 bridgehead atoms. The summed E-state index contributed by atoms with van der Waals surface area (Å²) in [7, 11) is 0. The van der Waals surface area contributed by atoms with Crippen LogP contribution in [0, 0.1) is 5.41 Å². The van der Waals surface area contributed by atoms with Gasteiger partial charge >= 0.3 is 0 Å². The molecular weight excluding hydrogens is 352 g/mol. The third-order valence-electron chi connectivity index (χ3n) is 7.36. The van der Waals surface area contributed by atoms with Gasteiger partial charge in [0.15, 0.2) is 0 Å². The molecule has 0 saturated carbocycles. The molecular formula is C27H56N2. The average Bonchev–Trinajstić information content (AvgIpc) is 2.99. The topological polar surface area (TPSA) is 38.0 Å². The lowest BCUT2D eigenvalue weighted by Gasteiger charge is -2.37. The maximum Gasteiger partial charge on any atom is 0.0246 e. The number of hydrogen-bond acceptors (Lipinski definition) is 2. The number of nitrogens with one attached hydrogen (secondary N) is 1. The summed E-state index contributed by atoms with van der Waals surface area (Å²) in [4.78, 5) is 0. The molecule has 0 radical (unpaired) electrons. The van der Waals surface area contributed by atoms with Crippen LogP contribution in [0.3, 0.4) is 0 Å². The lowest BCUT2D eigenvalue weighted by Crippen LogP contribution is -2.52. The van der Waals surface area contributed by atoms with Gasteiger partial charge in [-0.25, -0.2) is 0 Å². The Labute approximate surface area is 184 Å². The summed E-state index contributed by atoms with van der Waals surface area (Å²) in [5, 5.41) is 3.72. The van der Waals surface area contributed by atoms with Crippen molar-refractivity contribution in [2.24, 2.45) is 11.1 Å². The first-order valence-corrected chi connectivity index (χ1v) is 13.6. The molecule has 1 fully saturated rings. The lowest BCUT2D eigenvalue weighted by molar-refractivity contribution is 0.204. The molecule has 174 valence electrons. The standard InChI is InChI=1S/C27H56N2/c1-4-5-6-7-8-9-10-11-12-13-14-15-16-17-20-23-27(2,3)26(28)25-22-19-18-21-24-29-25/h25-26,29H,4-24,28H2,1-3H3. The number of rotatable bonds is 18. The molecule has 1 aliphatic heterocycles. The quantitative estimate of drug-likeness (QED) is 0.225. The van der Waals surface area contributed by atoms with E-state index in [0.717, 1.165) is 6.54 Å². The lowest BCUT2D eigenvalue weighted by atomic mass is 9.76. The van der Waals surface area contributed by atoms with E-state index in [1.807, 2.05) is 0 Å². The minimum Gasteiger partial charge on any atom is -0.326 e. The van der Waals surface area contributed by atoms with Crippen molar-refractivity contribution in [1.82, 2.24) is 5.32 Å². The molecule has 1 saturated heterocycles. The minimum atomic E-state index is 0.262. The van der Waals surface area contributed by atoms with Gasteiger partial charge in [-0.2, -0.15) is 0 Å². The predicted molar refractivity (Wildman–Crippen MR) is 132 cm³/mol. The van der Waals surface area contributed by atoms with Crippen molar-refractivity contribution in [2.45, 2.75) is 161 Å². The highest BCUT2D eigenvalue weighted by molar-refractivity contribution is 4.91. The molecule has 0 aromatic heterocycles. The molecule has 0 aromatic rings. The fourth-order valence-corrected chi connectivity index (χ4v) is 5.03. The number of hydrogen-bond donors (Lipinski definition) is 2. The van der Waals surface area contributed by atoms with Crippen LogP contribution in [0.5, 0.6) is 0 Å². The first-order valence-electron chi connectivity index (χ1n) is 13.6. The maximum atomic E-state index is 6.69. The second-order valence-electron chi connectivity index (χ2n) is 10.6. The molecule has 2 unspecified atom stereocenters. The highest BCUT2D eigenvalue weighted by Gasteiger charge is 2.32. The summed E-state index contributed by atoms with van der Waals surface area (Å²) in [5.74, 6) is 0. The summed E-state index contributed by atoms with van der Waals surface area (Å²) in [6, 6.07) is 0.830.